The Balaban J connectivity index is 1.40. The topological polar surface area (TPSA) is 77.7 Å². The van der Waals surface area contributed by atoms with Gasteiger partial charge in [0.2, 0.25) is 24.4 Å². The van der Waals surface area contributed by atoms with Gasteiger partial charge in [-0.2, -0.15) is 4.98 Å². The maximum atomic E-state index is 12.4. The molecule has 1 amide bonds. The van der Waals surface area contributed by atoms with Gasteiger partial charge in [-0.1, -0.05) is 35.5 Å². The fourth-order valence-corrected chi connectivity index (χ4v) is 3.49. The molecule has 2 aromatic carbocycles. The van der Waals surface area contributed by atoms with E-state index in [4.69, 9.17) is 14.0 Å². The van der Waals surface area contributed by atoms with Gasteiger partial charge in [-0.05, 0) is 30.2 Å². The van der Waals surface area contributed by atoms with Crippen LogP contribution in [0.15, 0.2) is 53.1 Å². The summed E-state index contributed by atoms with van der Waals surface area (Å²) in [4.78, 5) is 18.7. The first-order chi connectivity index (χ1) is 13.3. The average Bonchev–Trinajstić information content (AvgIpc) is 3.42. The number of hydrogen-bond acceptors (Lipinski definition) is 6. The van der Waals surface area contributed by atoms with E-state index >= 15 is 0 Å². The van der Waals surface area contributed by atoms with Crippen molar-refractivity contribution >= 4 is 5.91 Å². The van der Waals surface area contributed by atoms with E-state index in [1.165, 1.54) is 0 Å². The molecule has 3 heterocycles. The van der Waals surface area contributed by atoms with Crippen LogP contribution in [-0.4, -0.2) is 27.7 Å². The Morgan fingerprint density at radius 2 is 1.93 bits per heavy atom. The highest BCUT2D eigenvalue weighted by Crippen LogP contribution is 2.37. The monoisotopic (exact) mass is 363 g/mol. The highest BCUT2D eigenvalue weighted by Gasteiger charge is 2.36. The summed E-state index contributed by atoms with van der Waals surface area (Å²) in [6, 6.07) is 15.2. The van der Waals surface area contributed by atoms with Crippen molar-refractivity contribution in [1.29, 1.82) is 0 Å². The maximum Gasteiger partial charge on any atom is 0.249 e. The lowest BCUT2D eigenvalue weighted by Crippen LogP contribution is -2.27. The zero-order valence-corrected chi connectivity index (χ0v) is 14.5. The van der Waals surface area contributed by atoms with Crippen LogP contribution in [0, 0.1) is 0 Å². The second kappa shape index (κ2) is 6.42. The Bertz CT molecular complexity index is 986. The molecule has 0 bridgehead atoms. The Hall–Kier alpha value is -3.35. The summed E-state index contributed by atoms with van der Waals surface area (Å²) in [5.74, 6) is 2.41. The number of aromatic nitrogens is 2. The number of benzene rings is 2. The van der Waals surface area contributed by atoms with Crippen molar-refractivity contribution in [3.63, 3.8) is 0 Å². The third-order valence-electron chi connectivity index (χ3n) is 4.88. The van der Waals surface area contributed by atoms with Crippen molar-refractivity contribution in [3.05, 3.63) is 60.0 Å². The summed E-state index contributed by atoms with van der Waals surface area (Å²) in [5, 5.41) is 4.10. The van der Waals surface area contributed by atoms with E-state index < -0.39 is 0 Å². The third-order valence-corrected chi connectivity index (χ3v) is 4.88. The van der Waals surface area contributed by atoms with Gasteiger partial charge in [0.1, 0.15) is 6.04 Å². The van der Waals surface area contributed by atoms with Crippen molar-refractivity contribution in [1.82, 2.24) is 15.0 Å². The van der Waals surface area contributed by atoms with E-state index in [-0.39, 0.29) is 18.7 Å². The van der Waals surface area contributed by atoms with Crippen LogP contribution >= 0.6 is 0 Å². The van der Waals surface area contributed by atoms with Crippen LogP contribution in [0.3, 0.4) is 0 Å². The van der Waals surface area contributed by atoms with E-state index in [2.05, 4.69) is 10.1 Å². The van der Waals surface area contributed by atoms with E-state index in [0.717, 1.165) is 11.1 Å². The lowest BCUT2D eigenvalue weighted by Gasteiger charge is -2.22. The number of amides is 1. The first-order valence-electron chi connectivity index (χ1n) is 8.85. The Kier molecular flexibility index (Phi) is 3.78. The summed E-state index contributed by atoms with van der Waals surface area (Å²) >= 11 is 0. The predicted molar refractivity (Wildman–Crippen MR) is 94.8 cm³/mol. The Morgan fingerprint density at radius 1 is 1.07 bits per heavy atom. The molecule has 0 saturated carbocycles. The van der Waals surface area contributed by atoms with Gasteiger partial charge in [0.25, 0.3) is 0 Å². The number of nitrogens with zero attached hydrogens (tertiary/aromatic N) is 3. The van der Waals surface area contributed by atoms with Crippen LogP contribution in [0.25, 0.3) is 11.4 Å². The minimum atomic E-state index is -0.201. The molecule has 1 saturated heterocycles. The number of likely N-dealkylation sites (tertiary alicyclic amines) is 1. The molecular formula is C20H17N3O4. The molecule has 7 heteroatoms. The van der Waals surface area contributed by atoms with Crippen molar-refractivity contribution in [3.8, 4) is 22.9 Å². The van der Waals surface area contributed by atoms with Gasteiger partial charge in [-0.3, -0.25) is 4.79 Å². The Labute approximate surface area is 155 Å². The molecule has 7 nitrogen and oxygen atoms in total. The largest absolute Gasteiger partial charge is 0.454 e. The number of hydrogen-bond donors (Lipinski definition) is 0. The first-order valence-corrected chi connectivity index (χ1v) is 8.85. The average molecular weight is 363 g/mol. The van der Waals surface area contributed by atoms with Crippen LogP contribution in [-0.2, 0) is 11.3 Å². The summed E-state index contributed by atoms with van der Waals surface area (Å²) in [6.07, 6.45) is 1.16. The molecule has 0 aliphatic carbocycles. The molecule has 27 heavy (non-hydrogen) atoms. The summed E-state index contributed by atoms with van der Waals surface area (Å²) in [6.45, 7) is 0.751. The van der Waals surface area contributed by atoms with Crippen LogP contribution in [0.2, 0.25) is 0 Å². The number of rotatable bonds is 4. The molecule has 136 valence electrons. The molecule has 1 fully saturated rings. The van der Waals surface area contributed by atoms with Crippen molar-refractivity contribution < 1.29 is 18.8 Å². The minimum Gasteiger partial charge on any atom is -0.454 e. The highest BCUT2D eigenvalue weighted by atomic mass is 16.7. The lowest BCUT2D eigenvalue weighted by atomic mass is 10.1. The molecule has 0 radical (unpaired) electrons. The lowest BCUT2D eigenvalue weighted by molar-refractivity contribution is -0.129. The van der Waals surface area contributed by atoms with Crippen LogP contribution in [0.5, 0.6) is 11.5 Å². The zero-order chi connectivity index (χ0) is 18.2. The second-order valence-electron chi connectivity index (χ2n) is 6.59. The molecule has 1 aromatic heterocycles. The fraction of sp³-hybridized carbons (Fsp3) is 0.250. The van der Waals surface area contributed by atoms with Crippen LogP contribution in [0.4, 0.5) is 0 Å². The molecule has 5 rings (SSSR count). The van der Waals surface area contributed by atoms with Crippen molar-refractivity contribution in [2.24, 2.45) is 0 Å². The van der Waals surface area contributed by atoms with E-state index in [9.17, 15) is 4.79 Å². The van der Waals surface area contributed by atoms with Gasteiger partial charge in [-0.15, -0.1) is 0 Å². The molecule has 1 unspecified atom stereocenters. The first kappa shape index (κ1) is 15.9. The molecule has 2 aliphatic rings. The summed E-state index contributed by atoms with van der Waals surface area (Å²) < 4.78 is 16.2. The molecule has 0 spiro atoms. The SMILES string of the molecule is O=C1CCC(c2nc(-c3ccc4c(c3)OCO4)no2)N1Cc1ccccc1. The number of carbonyl (C=O) groups is 1. The second-order valence-corrected chi connectivity index (χ2v) is 6.59. The van der Waals surface area contributed by atoms with Gasteiger partial charge in [0, 0.05) is 18.5 Å². The Morgan fingerprint density at radius 3 is 2.81 bits per heavy atom. The van der Waals surface area contributed by atoms with E-state index in [0.29, 0.717) is 42.6 Å². The maximum absolute atomic E-state index is 12.4. The van der Waals surface area contributed by atoms with Gasteiger partial charge in [-0.25, -0.2) is 0 Å². The normalized spacial score (nSPS) is 18.3. The van der Waals surface area contributed by atoms with E-state index in [1.807, 2.05) is 53.4 Å². The quantitative estimate of drug-likeness (QED) is 0.708. The number of ether oxygens (including phenoxy) is 2. The zero-order valence-electron chi connectivity index (χ0n) is 14.5. The fourth-order valence-electron chi connectivity index (χ4n) is 3.49. The number of carbonyl (C=O) groups excluding carboxylic acids is 1. The predicted octanol–water partition coefficient (Wildman–Crippen LogP) is 3.33. The summed E-state index contributed by atoms with van der Waals surface area (Å²) in [7, 11) is 0. The molecule has 0 N–H and O–H groups in total. The van der Waals surface area contributed by atoms with Crippen LogP contribution in [0.1, 0.15) is 30.3 Å². The molecule has 3 aromatic rings. The van der Waals surface area contributed by atoms with Crippen molar-refractivity contribution in [2.75, 3.05) is 6.79 Å². The van der Waals surface area contributed by atoms with Crippen molar-refractivity contribution in [2.45, 2.75) is 25.4 Å². The summed E-state index contributed by atoms with van der Waals surface area (Å²) in [5.41, 5.74) is 1.86. The molecule has 2 aliphatic heterocycles. The van der Waals surface area contributed by atoms with E-state index in [1.54, 1.807) is 0 Å². The van der Waals surface area contributed by atoms with Gasteiger partial charge >= 0.3 is 0 Å². The third kappa shape index (κ3) is 2.91. The molecular weight excluding hydrogens is 346 g/mol. The smallest absolute Gasteiger partial charge is 0.249 e. The highest BCUT2D eigenvalue weighted by molar-refractivity contribution is 5.78. The van der Waals surface area contributed by atoms with Crippen LogP contribution < -0.4 is 9.47 Å². The minimum absolute atomic E-state index is 0.103. The van der Waals surface area contributed by atoms with Gasteiger partial charge < -0.3 is 18.9 Å². The molecule has 1 atom stereocenters. The van der Waals surface area contributed by atoms with Gasteiger partial charge in [0.15, 0.2) is 11.5 Å². The number of fused-ring (bicyclic) bond motifs is 1. The van der Waals surface area contributed by atoms with Gasteiger partial charge in [0.05, 0.1) is 0 Å². The standard InChI is InChI=1S/C20H17N3O4/c24-18-9-7-15(23(18)11-13-4-2-1-3-5-13)20-21-19(22-27-20)14-6-8-16-17(10-14)26-12-25-16/h1-6,8,10,15H,7,9,11-12H2.